The van der Waals surface area contributed by atoms with E-state index in [1.807, 2.05) is 18.2 Å². The highest BCUT2D eigenvalue weighted by Gasteiger charge is 2.21. The van der Waals surface area contributed by atoms with Crippen LogP contribution in [0.15, 0.2) is 24.3 Å². The Balaban J connectivity index is 1.64. The molecule has 4 heteroatoms. The summed E-state index contributed by atoms with van der Waals surface area (Å²) in [6, 6.07) is 8.08. The highest BCUT2D eigenvalue weighted by Crippen LogP contribution is 2.27. The van der Waals surface area contributed by atoms with Gasteiger partial charge in [0.05, 0.1) is 6.54 Å². The van der Waals surface area contributed by atoms with Gasteiger partial charge in [-0.3, -0.25) is 4.79 Å². The zero-order chi connectivity index (χ0) is 13.7. The van der Waals surface area contributed by atoms with Crippen LogP contribution in [-0.2, 0) is 11.2 Å². The molecule has 1 amide bonds. The Morgan fingerprint density at radius 1 is 1.42 bits per heavy atom. The quantitative estimate of drug-likeness (QED) is 0.813. The van der Waals surface area contributed by atoms with Crippen molar-refractivity contribution in [1.29, 1.82) is 0 Å². The molecule has 0 bridgehead atoms. The van der Waals surface area contributed by atoms with Crippen molar-refractivity contribution in [1.82, 2.24) is 10.6 Å². The molecule has 1 aliphatic rings. The zero-order valence-corrected chi connectivity index (χ0v) is 11.6. The first kappa shape index (κ1) is 13.9. The average molecular weight is 262 g/mol. The van der Waals surface area contributed by atoms with Crippen molar-refractivity contribution < 1.29 is 9.53 Å². The summed E-state index contributed by atoms with van der Waals surface area (Å²) in [7, 11) is 0. The van der Waals surface area contributed by atoms with Crippen LogP contribution in [0.1, 0.15) is 19.4 Å². The van der Waals surface area contributed by atoms with Crippen molar-refractivity contribution in [3.8, 4) is 5.75 Å². The number of ether oxygens (including phenoxy) is 1. The molecule has 0 radical (unpaired) electrons. The van der Waals surface area contributed by atoms with Gasteiger partial charge in [0.25, 0.3) is 0 Å². The summed E-state index contributed by atoms with van der Waals surface area (Å²) in [4.78, 5) is 11.5. The Labute approximate surface area is 114 Å². The molecule has 0 aliphatic carbocycles. The van der Waals surface area contributed by atoms with E-state index in [4.69, 9.17) is 4.74 Å². The van der Waals surface area contributed by atoms with Gasteiger partial charge in [-0.2, -0.15) is 0 Å². The molecule has 2 rings (SSSR count). The SMILES string of the molecule is CC(C)CNC(=O)CNCC1Cc2ccccc2O1. The topological polar surface area (TPSA) is 50.4 Å². The van der Waals surface area contributed by atoms with Crippen molar-refractivity contribution in [3.05, 3.63) is 29.8 Å². The lowest BCUT2D eigenvalue weighted by Gasteiger charge is -2.12. The highest BCUT2D eigenvalue weighted by atomic mass is 16.5. The van der Waals surface area contributed by atoms with Crippen LogP contribution in [0.4, 0.5) is 0 Å². The normalized spacial score (nSPS) is 17.1. The first-order valence-corrected chi connectivity index (χ1v) is 6.87. The molecule has 0 fully saturated rings. The van der Waals surface area contributed by atoms with Crippen LogP contribution in [0.5, 0.6) is 5.75 Å². The maximum atomic E-state index is 11.5. The molecule has 0 aromatic heterocycles. The van der Waals surface area contributed by atoms with E-state index in [-0.39, 0.29) is 12.0 Å². The van der Waals surface area contributed by atoms with E-state index in [1.54, 1.807) is 0 Å². The lowest BCUT2D eigenvalue weighted by atomic mass is 10.1. The predicted molar refractivity (Wildman–Crippen MR) is 75.3 cm³/mol. The van der Waals surface area contributed by atoms with Crippen molar-refractivity contribution >= 4 is 5.91 Å². The molecule has 1 aliphatic heterocycles. The van der Waals surface area contributed by atoms with E-state index in [1.165, 1.54) is 5.56 Å². The van der Waals surface area contributed by atoms with Crippen LogP contribution in [0.2, 0.25) is 0 Å². The smallest absolute Gasteiger partial charge is 0.233 e. The molecule has 0 spiro atoms. The Hall–Kier alpha value is -1.55. The maximum Gasteiger partial charge on any atom is 0.233 e. The van der Waals surface area contributed by atoms with Gasteiger partial charge < -0.3 is 15.4 Å². The molecule has 1 atom stereocenters. The minimum absolute atomic E-state index is 0.0456. The fraction of sp³-hybridized carbons (Fsp3) is 0.533. The first-order valence-electron chi connectivity index (χ1n) is 6.87. The number of hydrogen-bond acceptors (Lipinski definition) is 3. The number of fused-ring (bicyclic) bond motifs is 1. The molecule has 104 valence electrons. The second-order valence-corrected chi connectivity index (χ2v) is 5.38. The van der Waals surface area contributed by atoms with Gasteiger partial charge in [0.1, 0.15) is 11.9 Å². The Morgan fingerprint density at radius 3 is 2.95 bits per heavy atom. The van der Waals surface area contributed by atoms with Crippen molar-refractivity contribution in [2.75, 3.05) is 19.6 Å². The largest absolute Gasteiger partial charge is 0.488 e. The van der Waals surface area contributed by atoms with Crippen LogP contribution >= 0.6 is 0 Å². The second kappa shape index (κ2) is 6.57. The summed E-state index contributed by atoms with van der Waals surface area (Å²) in [5, 5.41) is 6.03. The van der Waals surface area contributed by atoms with Crippen LogP contribution < -0.4 is 15.4 Å². The zero-order valence-electron chi connectivity index (χ0n) is 11.6. The Kier molecular flexibility index (Phi) is 4.80. The number of carbonyl (C=O) groups excluding carboxylic acids is 1. The molecule has 0 saturated heterocycles. The summed E-state index contributed by atoms with van der Waals surface area (Å²) in [5.74, 6) is 1.50. The van der Waals surface area contributed by atoms with E-state index in [0.29, 0.717) is 19.0 Å². The predicted octanol–water partition coefficient (Wildman–Crippen LogP) is 1.35. The molecule has 1 heterocycles. The molecule has 1 unspecified atom stereocenters. The fourth-order valence-electron chi connectivity index (χ4n) is 2.09. The number of carbonyl (C=O) groups is 1. The van der Waals surface area contributed by atoms with Crippen LogP contribution in [0.25, 0.3) is 0 Å². The van der Waals surface area contributed by atoms with E-state index in [2.05, 4.69) is 30.5 Å². The fourth-order valence-corrected chi connectivity index (χ4v) is 2.09. The number of para-hydroxylation sites is 1. The van der Waals surface area contributed by atoms with Crippen molar-refractivity contribution in [3.63, 3.8) is 0 Å². The summed E-state index contributed by atoms with van der Waals surface area (Å²) in [5.41, 5.74) is 1.25. The molecule has 4 nitrogen and oxygen atoms in total. The van der Waals surface area contributed by atoms with Gasteiger partial charge >= 0.3 is 0 Å². The molecule has 1 aromatic carbocycles. The van der Waals surface area contributed by atoms with Gasteiger partial charge in [0.15, 0.2) is 0 Å². The number of rotatable bonds is 6. The average Bonchev–Trinajstić information content (AvgIpc) is 2.79. The summed E-state index contributed by atoms with van der Waals surface area (Å²) in [6.07, 6.45) is 1.05. The molecule has 1 aromatic rings. The van der Waals surface area contributed by atoms with Crippen LogP contribution in [-0.4, -0.2) is 31.6 Å². The highest BCUT2D eigenvalue weighted by molar-refractivity contribution is 5.77. The lowest BCUT2D eigenvalue weighted by molar-refractivity contribution is -0.120. The number of amides is 1. The minimum atomic E-state index is 0.0456. The summed E-state index contributed by atoms with van der Waals surface area (Å²) >= 11 is 0. The molecular formula is C15H22N2O2. The number of benzene rings is 1. The molecule has 0 saturated carbocycles. The van der Waals surface area contributed by atoms with Crippen LogP contribution in [0, 0.1) is 5.92 Å². The summed E-state index contributed by atoms with van der Waals surface area (Å²) in [6.45, 7) is 5.94. The summed E-state index contributed by atoms with van der Waals surface area (Å²) < 4.78 is 5.79. The Morgan fingerprint density at radius 2 is 2.21 bits per heavy atom. The van der Waals surface area contributed by atoms with Crippen molar-refractivity contribution in [2.24, 2.45) is 5.92 Å². The third-order valence-electron chi connectivity index (χ3n) is 3.08. The molecular weight excluding hydrogens is 240 g/mol. The van der Waals surface area contributed by atoms with Crippen molar-refractivity contribution in [2.45, 2.75) is 26.4 Å². The standard InChI is InChI=1S/C15H22N2O2/c1-11(2)8-17-15(18)10-16-9-13-7-12-5-3-4-6-14(12)19-13/h3-6,11,13,16H,7-10H2,1-2H3,(H,17,18). The van der Waals surface area contributed by atoms with E-state index in [0.717, 1.165) is 18.7 Å². The lowest BCUT2D eigenvalue weighted by Crippen LogP contribution is -2.39. The minimum Gasteiger partial charge on any atom is -0.488 e. The number of hydrogen-bond donors (Lipinski definition) is 2. The van der Waals surface area contributed by atoms with Gasteiger partial charge in [-0.25, -0.2) is 0 Å². The van der Waals surface area contributed by atoms with Crippen LogP contribution in [0.3, 0.4) is 0 Å². The third kappa shape index (κ3) is 4.24. The number of nitrogens with one attached hydrogen (secondary N) is 2. The van der Waals surface area contributed by atoms with Gasteiger partial charge in [0.2, 0.25) is 5.91 Å². The Bertz CT molecular complexity index is 407. The van der Waals surface area contributed by atoms with Gasteiger partial charge in [-0.1, -0.05) is 32.0 Å². The van der Waals surface area contributed by atoms with Gasteiger partial charge in [0, 0.05) is 19.5 Å². The van der Waals surface area contributed by atoms with Gasteiger partial charge in [-0.15, -0.1) is 0 Å². The van der Waals surface area contributed by atoms with E-state index in [9.17, 15) is 4.79 Å². The monoisotopic (exact) mass is 262 g/mol. The third-order valence-corrected chi connectivity index (χ3v) is 3.08. The molecule has 19 heavy (non-hydrogen) atoms. The first-order chi connectivity index (χ1) is 9.15. The van der Waals surface area contributed by atoms with E-state index >= 15 is 0 Å². The van der Waals surface area contributed by atoms with Gasteiger partial charge in [-0.05, 0) is 17.5 Å². The van der Waals surface area contributed by atoms with E-state index < -0.39 is 0 Å². The maximum absolute atomic E-state index is 11.5. The second-order valence-electron chi connectivity index (χ2n) is 5.38. The molecule has 2 N–H and O–H groups in total.